The first-order chi connectivity index (χ1) is 7.66. The van der Waals surface area contributed by atoms with Gasteiger partial charge in [0.05, 0.1) is 5.56 Å². The Kier molecular flexibility index (Phi) is 7.54. The number of carboxylic acids is 1. The van der Waals surface area contributed by atoms with Crippen LogP contribution in [0.4, 0.5) is 0 Å². The number of aromatic carboxylic acids is 1. The van der Waals surface area contributed by atoms with Crippen molar-refractivity contribution in [2.75, 3.05) is 6.54 Å². The molecule has 0 bridgehead atoms. The predicted octanol–water partition coefficient (Wildman–Crippen LogP) is 1.94. The first-order valence-electron chi connectivity index (χ1n) is 5.44. The SMILES string of the molecule is Cl.NCCCC[C@H](N)c1ccccc1C(=O)O. The molecule has 4 nitrogen and oxygen atoms in total. The largest absolute Gasteiger partial charge is 0.478 e. The average Bonchev–Trinajstić information content (AvgIpc) is 2.29. The molecule has 0 saturated carbocycles. The highest BCUT2D eigenvalue weighted by Crippen LogP contribution is 2.20. The van der Waals surface area contributed by atoms with E-state index in [9.17, 15) is 4.79 Å². The van der Waals surface area contributed by atoms with E-state index in [1.54, 1.807) is 18.2 Å². The number of carbonyl (C=O) groups is 1. The summed E-state index contributed by atoms with van der Waals surface area (Å²) >= 11 is 0. The molecule has 0 amide bonds. The van der Waals surface area contributed by atoms with Crippen molar-refractivity contribution in [2.45, 2.75) is 25.3 Å². The standard InChI is InChI=1S/C12H18N2O2.ClH/c13-8-4-3-7-11(14)9-5-1-2-6-10(9)12(15)16;/h1-2,5-6,11H,3-4,7-8,13-14H2,(H,15,16);1H/t11-;/m0./s1. The molecule has 17 heavy (non-hydrogen) atoms. The molecular formula is C12H19ClN2O2. The van der Waals surface area contributed by atoms with Crippen LogP contribution in [0.15, 0.2) is 24.3 Å². The molecule has 5 heteroatoms. The lowest BCUT2D eigenvalue weighted by molar-refractivity contribution is 0.0695. The van der Waals surface area contributed by atoms with E-state index in [0.717, 1.165) is 19.3 Å². The minimum atomic E-state index is -0.926. The highest BCUT2D eigenvalue weighted by molar-refractivity contribution is 5.89. The smallest absolute Gasteiger partial charge is 0.336 e. The summed E-state index contributed by atoms with van der Waals surface area (Å²) in [4.78, 5) is 11.0. The van der Waals surface area contributed by atoms with Gasteiger partial charge in [-0.2, -0.15) is 0 Å². The fourth-order valence-corrected chi connectivity index (χ4v) is 1.68. The Labute approximate surface area is 107 Å². The molecular weight excluding hydrogens is 240 g/mol. The van der Waals surface area contributed by atoms with Crippen LogP contribution in [-0.2, 0) is 0 Å². The van der Waals surface area contributed by atoms with Gasteiger partial charge in [-0.3, -0.25) is 0 Å². The Balaban J connectivity index is 0.00000256. The van der Waals surface area contributed by atoms with Crippen molar-refractivity contribution in [3.8, 4) is 0 Å². The lowest BCUT2D eigenvalue weighted by Crippen LogP contribution is -2.15. The molecule has 96 valence electrons. The highest BCUT2D eigenvalue weighted by Gasteiger charge is 2.14. The van der Waals surface area contributed by atoms with Crippen LogP contribution in [0, 0.1) is 0 Å². The van der Waals surface area contributed by atoms with E-state index < -0.39 is 5.97 Å². The zero-order valence-electron chi connectivity index (χ0n) is 9.63. The highest BCUT2D eigenvalue weighted by atomic mass is 35.5. The van der Waals surface area contributed by atoms with Crippen molar-refractivity contribution in [3.05, 3.63) is 35.4 Å². The van der Waals surface area contributed by atoms with Gasteiger partial charge < -0.3 is 16.6 Å². The minimum Gasteiger partial charge on any atom is -0.478 e. The van der Waals surface area contributed by atoms with E-state index in [-0.39, 0.29) is 18.4 Å². The van der Waals surface area contributed by atoms with E-state index in [2.05, 4.69) is 0 Å². The van der Waals surface area contributed by atoms with Crippen LogP contribution in [0.25, 0.3) is 0 Å². The molecule has 1 aromatic carbocycles. The molecule has 0 aliphatic rings. The second-order valence-electron chi connectivity index (χ2n) is 3.78. The molecule has 0 aliphatic heterocycles. The molecule has 1 aromatic rings. The van der Waals surface area contributed by atoms with Crippen LogP contribution < -0.4 is 11.5 Å². The molecule has 5 N–H and O–H groups in total. The van der Waals surface area contributed by atoms with Gasteiger partial charge in [0.15, 0.2) is 0 Å². The Morgan fingerprint density at radius 3 is 2.53 bits per heavy atom. The van der Waals surface area contributed by atoms with Crippen LogP contribution in [0.3, 0.4) is 0 Å². The molecule has 0 aromatic heterocycles. The summed E-state index contributed by atoms with van der Waals surface area (Å²) in [7, 11) is 0. The molecule has 0 heterocycles. The summed E-state index contributed by atoms with van der Waals surface area (Å²) in [5, 5.41) is 9.01. The van der Waals surface area contributed by atoms with Crippen molar-refractivity contribution in [1.29, 1.82) is 0 Å². The summed E-state index contributed by atoms with van der Waals surface area (Å²) < 4.78 is 0. The number of rotatable bonds is 6. The third kappa shape index (κ3) is 4.73. The Morgan fingerprint density at radius 1 is 1.29 bits per heavy atom. The van der Waals surface area contributed by atoms with Gasteiger partial charge >= 0.3 is 5.97 Å². The number of benzene rings is 1. The van der Waals surface area contributed by atoms with Crippen LogP contribution >= 0.6 is 12.4 Å². The van der Waals surface area contributed by atoms with Crippen LogP contribution in [0.5, 0.6) is 0 Å². The molecule has 0 spiro atoms. The Morgan fingerprint density at radius 2 is 1.94 bits per heavy atom. The van der Waals surface area contributed by atoms with Gasteiger partial charge in [0.25, 0.3) is 0 Å². The molecule has 0 radical (unpaired) electrons. The monoisotopic (exact) mass is 258 g/mol. The third-order valence-corrected chi connectivity index (χ3v) is 2.56. The second-order valence-corrected chi connectivity index (χ2v) is 3.78. The average molecular weight is 259 g/mol. The van der Waals surface area contributed by atoms with Gasteiger partial charge in [-0.25, -0.2) is 4.79 Å². The molecule has 0 fully saturated rings. The zero-order valence-corrected chi connectivity index (χ0v) is 10.5. The number of carboxylic acid groups (broad SMARTS) is 1. The molecule has 1 rings (SSSR count). The van der Waals surface area contributed by atoms with Gasteiger partial charge in [-0.1, -0.05) is 24.6 Å². The van der Waals surface area contributed by atoms with Gasteiger partial charge in [0.1, 0.15) is 0 Å². The van der Waals surface area contributed by atoms with Crippen molar-refractivity contribution in [2.24, 2.45) is 11.5 Å². The maximum atomic E-state index is 11.0. The summed E-state index contributed by atoms with van der Waals surface area (Å²) in [6.45, 7) is 0.646. The number of hydrogen-bond acceptors (Lipinski definition) is 3. The molecule has 0 unspecified atom stereocenters. The summed E-state index contributed by atoms with van der Waals surface area (Å²) in [5.41, 5.74) is 12.4. The van der Waals surface area contributed by atoms with Gasteiger partial charge in [-0.15, -0.1) is 12.4 Å². The van der Waals surface area contributed by atoms with Crippen molar-refractivity contribution < 1.29 is 9.90 Å². The minimum absolute atomic E-state index is 0. The predicted molar refractivity (Wildman–Crippen MR) is 70.5 cm³/mol. The van der Waals surface area contributed by atoms with Gasteiger partial charge in [-0.05, 0) is 31.0 Å². The topological polar surface area (TPSA) is 89.3 Å². The fourth-order valence-electron chi connectivity index (χ4n) is 1.68. The van der Waals surface area contributed by atoms with Crippen LogP contribution in [0.2, 0.25) is 0 Å². The Bertz CT molecular complexity index is 358. The van der Waals surface area contributed by atoms with E-state index >= 15 is 0 Å². The second kappa shape index (κ2) is 8.06. The normalized spacial score (nSPS) is 11.6. The van der Waals surface area contributed by atoms with Crippen LogP contribution in [-0.4, -0.2) is 17.6 Å². The van der Waals surface area contributed by atoms with E-state index in [4.69, 9.17) is 16.6 Å². The number of hydrogen-bond donors (Lipinski definition) is 3. The van der Waals surface area contributed by atoms with E-state index in [1.165, 1.54) is 0 Å². The summed E-state index contributed by atoms with van der Waals surface area (Å²) in [5.74, 6) is -0.926. The van der Waals surface area contributed by atoms with Crippen molar-refractivity contribution in [3.63, 3.8) is 0 Å². The number of unbranched alkanes of at least 4 members (excludes halogenated alkanes) is 1. The molecule has 0 saturated heterocycles. The fraction of sp³-hybridized carbons (Fsp3) is 0.417. The van der Waals surface area contributed by atoms with Crippen molar-refractivity contribution in [1.82, 2.24) is 0 Å². The Hall–Kier alpha value is -1.10. The number of nitrogens with two attached hydrogens (primary N) is 2. The summed E-state index contributed by atoms with van der Waals surface area (Å²) in [6.07, 6.45) is 2.61. The lowest BCUT2D eigenvalue weighted by atomic mass is 9.97. The number of halogens is 1. The maximum Gasteiger partial charge on any atom is 0.336 e. The van der Waals surface area contributed by atoms with E-state index in [1.807, 2.05) is 6.07 Å². The first-order valence-corrected chi connectivity index (χ1v) is 5.44. The lowest BCUT2D eigenvalue weighted by Gasteiger charge is -2.14. The maximum absolute atomic E-state index is 11.0. The quantitative estimate of drug-likeness (QED) is 0.680. The molecule has 0 aliphatic carbocycles. The van der Waals surface area contributed by atoms with E-state index in [0.29, 0.717) is 17.7 Å². The third-order valence-electron chi connectivity index (χ3n) is 2.56. The molecule has 1 atom stereocenters. The first kappa shape index (κ1) is 15.9. The van der Waals surface area contributed by atoms with Gasteiger partial charge in [0.2, 0.25) is 0 Å². The van der Waals surface area contributed by atoms with Gasteiger partial charge in [0, 0.05) is 6.04 Å². The van der Waals surface area contributed by atoms with Crippen LogP contribution in [0.1, 0.15) is 41.2 Å². The van der Waals surface area contributed by atoms with Crippen molar-refractivity contribution >= 4 is 18.4 Å². The zero-order chi connectivity index (χ0) is 12.0. The summed E-state index contributed by atoms with van der Waals surface area (Å²) in [6, 6.07) is 6.65.